The highest BCUT2D eigenvalue weighted by Crippen LogP contribution is 2.65. The zero-order chi connectivity index (χ0) is 22.5. The van der Waals surface area contributed by atoms with Gasteiger partial charge in [-0.3, -0.25) is 4.79 Å². The van der Waals surface area contributed by atoms with E-state index in [-0.39, 0.29) is 16.7 Å². The van der Waals surface area contributed by atoms with E-state index >= 15 is 0 Å². The second kappa shape index (κ2) is 7.83. The Morgan fingerprint density at radius 2 is 1.62 bits per heavy atom. The van der Waals surface area contributed by atoms with Crippen LogP contribution in [-0.2, 0) is 5.41 Å². The fourth-order valence-electron chi connectivity index (χ4n) is 7.50. The van der Waals surface area contributed by atoms with Crippen molar-refractivity contribution in [3.05, 3.63) is 58.7 Å². The van der Waals surface area contributed by atoms with Gasteiger partial charge in [0.05, 0.1) is 14.2 Å². The summed E-state index contributed by atoms with van der Waals surface area (Å²) >= 11 is 0. The van der Waals surface area contributed by atoms with Crippen LogP contribution in [0.2, 0.25) is 0 Å². The number of methoxy groups -OCH3 is 2. The van der Waals surface area contributed by atoms with E-state index in [2.05, 4.69) is 37.4 Å². The van der Waals surface area contributed by atoms with Crippen molar-refractivity contribution in [3.8, 4) is 11.5 Å². The van der Waals surface area contributed by atoms with Crippen molar-refractivity contribution in [2.75, 3.05) is 20.8 Å². The quantitative estimate of drug-likeness (QED) is 0.646. The maximum absolute atomic E-state index is 13.3. The van der Waals surface area contributed by atoms with Crippen molar-refractivity contribution in [3.63, 3.8) is 0 Å². The van der Waals surface area contributed by atoms with Gasteiger partial charge >= 0.3 is 0 Å². The van der Waals surface area contributed by atoms with Gasteiger partial charge in [0.25, 0.3) is 5.91 Å². The second-order valence-corrected chi connectivity index (χ2v) is 10.8. The van der Waals surface area contributed by atoms with Crippen molar-refractivity contribution in [2.45, 2.75) is 57.8 Å². The molecule has 4 fully saturated rings. The summed E-state index contributed by atoms with van der Waals surface area (Å²) in [7, 11) is 3.19. The van der Waals surface area contributed by atoms with Crippen LogP contribution in [0.15, 0.2) is 36.4 Å². The molecule has 0 radical (unpaired) electrons. The fourth-order valence-corrected chi connectivity index (χ4v) is 7.50. The Bertz CT molecular complexity index is 1010. The van der Waals surface area contributed by atoms with E-state index in [0.717, 1.165) is 18.4 Å². The van der Waals surface area contributed by atoms with Crippen molar-refractivity contribution in [2.24, 2.45) is 17.3 Å². The van der Waals surface area contributed by atoms with E-state index in [0.29, 0.717) is 17.1 Å². The zero-order valence-corrected chi connectivity index (χ0v) is 19.8. The Hall–Kier alpha value is -2.49. The minimum atomic E-state index is -0.102. The molecule has 4 saturated carbocycles. The van der Waals surface area contributed by atoms with Crippen LogP contribution in [0.4, 0.5) is 0 Å². The fraction of sp³-hybridized carbons (Fsp3) is 0.536. The van der Waals surface area contributed by atoms with Crippen molar-refractivity contribution < 1.29 is 14.3 Å². The molecule has 0 aliphatic heterocycles. The summed E-state index contributed by atoms with van der Waals surface area (Å²) in [5, 5.41) is 3.30. The average molecular weight is 434 g/mol. The molecule has 1 amide bonds. The molecule has 170 valence electrons. The Kier molecular flexibility index (Phi) is 5.22. The van der Waals surface area contributed by atoms with Crippen LogP contribution in [0.3, 0.4) is 0 Å². The van der Waals surface area contributed by atoms with Crippen LogP contribution in [0, 0.1) is 31.1 Å². The number of hydrogen-bond acceptors (Lipinski definition) is 3. The largest absolute Gasteiger partial charge is 0.496 e. The molecule has 2 aromatic carbocycles. The molecule has 0 aromatic heterocycles. The molecule has 0 heterocycles. The number of benzene rings is 2. The Labute approximate surface area is 191 Å². The van der Waals surface area contributed by atoms with Crippen molar-refractivity contribution in [1.29, 1.82) is 0 Å². The molecule has 6 rings (SSSR count). The van der Waals surface area contributed by atoms with E-state index in [1.165, 1.54) is 55.2 Å². The van der Waals surface area contributed by atoms with Crippen LogP contribution in [0.1, 0.15) is 65.6 Å². The molecule has 4 aliphatic carbocycles. The third kappa shape index (κ3) is 3.48. The summed E-state index contributed by atoms with van der Waals surface area (Å²) in [5.41, 5.74) is 5.24. The molecule has 4 bridgehead atoms. The Balaban J connectivity index is 1.40. The number of nitrogens with one attached hydrogen (secondary N) is 1. The van der Waals surface area contributed by atoms with E-state index in [9.17, 15) is 4.79 Å². The number of rotatable bonds is 6. The smallest absolute Gasteiger partial charge is 0.258 e. The lowest BCUT2D eigenvalue weighted by molar-refractivity contribution is -0.0697. The summed E-state index contributed by atoms with van der Waals surface area (Å²) < 4.78 is 10.9. The molecule has 2 aromatic rings. The predicted octanol–water partition coefficient (Wildman–Crippen LogP) is 5.59. The summed E-state index contributed by atoms with van der Waals surface area (Å²) in [5.74, 6) is 2.55. The van der Waals surface area contributed by atoms with Gasteiger partial charge in [-0.1, -0.05) is 24.3 Å². The molecule has 2 unspecified atom stereocenters. The molecule has 4 atom stereocenters. The lowest BCUT2D eigenvalue weighted by Gasteiger charge is -2.62. The second-order valence-electron chi connectivity index (χ2n) is 10.8. The maximum Gasteiger partial charge on any atom is 0.258 e. The topological polar surface area (TPSA) is 47.6 Å². The molecule has 1 N–H and O–H groups in total. The van der Waals surface area contributed by atoms with Gasteiger partial charge in [-0.2, -0.15) is 0 Å². The van der Waals surface area contributed by atoms with Gasteiger partial charge in [-0.15, -0.1) is 0 Å². The zero-order valence-electron chi connectivity index (χ0n) is 19.8. The van der Waals surface area contributed by atoms with E-state index in [4.69, 9.17) is 9.47 Å². The number of ether oxygens (including phenoxy) is 2. The molecular weight excluding hydrogens is 398 g/mol. The van der Waals surface area contributed by atoms with E-state index < -0.39 is 0 Å². The first kappa shape index (κ1) is 21.4. The van der Waals surface area contributed by atoms with Crippen LogP contribution >= 0.6 is 0 Å². The average Bonchev–Trinajstić information content (AvgIpc) is 2.77. The molecular formula is C28H35NO3. The third-order valence-electron chi connectivity index (χ3n) is 8.58. The summed E-state index contributed by atoms with van der Waals surface area (Å²) in [4.78, 5) is 13.3. The first-order valence-electron chi connectivity index (χ1n) is 11.9. The highest BCUT2D eigenvalue weighted by molar-refractivity contribution is 5.99. The van der Waals surface area contributed by atoms with E-state index in [1.807, 2.05) is 18.2 Å². The Morgan fingerprint density at radius 3 is 2.22 bits per heavy atom. The van der Waals surface area contributed by atoms with Crippen LogP contribution in [0.25, 0.3) is 0 Å². The molecule has 4 heteroatoms. The first-order valence-corrected chi connectivity index (χ1v) is 11.9. The van der Waals surface area contributed by atoms with Crippen LogP contribution in [0.5, 0.6) is 11.5 Å². The number of amides is 1. The van der Waals surface area contributed by atoms with E-state index in [1.54, 1.807) is 14.2 Å². The monoisotopic (exact) mass is 433 g/mol. The van der Waals surface area contributed by atoms with Crippen molar-refractivity contribution in [1.82, 2.24) is 5.32 Å². The molecule has 4 aliphatic rings. The number of carbonyl (C=O) groups is 1. The molecule has 0 spiro atoms. The van der Waals surface area contributed by atoms with Crippen LogP contribution < -0.4 is 14.8 Å². The normalized spacial score (nSPS) is 30.2. The Morgan fingerprint density at radius 1 is 0.969 bits per heavy atom. The standard InChI is InChI=1S/C28H35NO3/c1-18-8-9-22(10-19(18)2)28-14-20-11-21(15-28)13-27(12-20,16-28)17-29-26(30)25-23(31-3)6-5-7-24(25)32-4/h5-10,20-21H,11-17H2,1-4H3,(H,29,30)/t20-,21+,27?,28?. The lowest BCUT2D eigenvalue weighted by atomic mass is 9.43. The van der Waals surface area contributed by atoms with Crippen molar-refractivity contribution >= 4 is 5.91 Å². The molecule has 4 nitrogen and oxygen atoms in total. The minimum absolute atomic E-state index is 0.102. The minimum Gasteiger partial charge on any atom is -0.496 e. The van der Waals surface area contributed by atoms with Gasteiger partial charge in [0.1, 0.15) is 17.1 Å². The lowest BCUT2D eigenvalue weighted by Crippen LogP contribution is -2.57. The predicted molar refractivity (Wildman–Crippen MR) is 127 cm³/mol. The number of aryl methyl sites for hydroxylation is 2. The van der Waals surface area contributed by atoms with Gasteiger partial charge in [-0.25, -0.2) is 0 Å². The summed E-state index contributed by atoms with van der Waals surface area (Å²) in [6, 6.07) is 12.6. The summed E-state index contributed by atoms with van der Waals surface area (Å²) in [6.45, 7) is 5.16. The maximum atomic E-state index is 13.3. The van der Waals surface area contributed by atoms with Gasteiger partial charge in [0.2, 0.25) is 0 Å². The number of hydrogen-bond donors (Lipinski definition) is 1. The van der Waals surface area contributed by atoms with Crippen LogP contribution in [-0.4, -0.2) is 26.7 Å². The van der Waals surface area contributed by atoms with Gasteiger partial charge in [0.15, 0.2) is 0 Å². The third-order valence-corrected chi connectivity index (χ3v) is 8.58. The summed E-state index contributed by atoms with van der Waals surface area (Å²) in [6.07, 6.45) is 7.63. The molecule has 0 saturated heterocycles. The molecule has 32 heavy (non-hydrogen) atoms. The van der Waals surface area contributed by atoms with Gasteiger partial charge in [-0.05, 0) is 104 Å². The highest BCUT2D eigenvalue weighted by atomic mass is 16.5. The number of carbonyl (C=O) groups excluding carboxylic acids is 1. The SMILES string of the molecule is COc1cccc(OC)c1C(=O)NCC12C[C@H]3C[C@@H](C1)CC(c1ccc(C)c(C)c1)(C3)C2. The van der Waals surface area contributed by atoms with Gasteiger partial charge in [0, 0.05) is 6.54 Å². The van der Waals surface area contributed by atoms with Gasteiger partial charge < -0.3 is 14.8 Å². The first-order chi connectivity index (χ1) is 15.4. The highest BCUT2D eigenvalue weighted by Gasteiger charge is 2.58.